The van der Waals surface area contributed by atoms with Crippen molar-refractivity contribution in [3.8, 4) is 0 Å². The second-order valence-corrected chi connectivity index (χ2v) is 3.08. The van der Waals surface area contributed by atoms with Gasteiger partial charge in [0, 0.05) is 0 Å². The Bertz CT molecular complexity index is 93.3. The van der Waals surface area contributed by atoms with Crippen LogP contribution in [0.5, 0.6) is 0 Å². The molecule has 0 aromatic heterocycles. The highest BCUT2D eigenvalue weighted by molar-refractivity contribution is 4.67. The lowest BCUT2D eigenvalue weighted by molar-refractivity contribution is -0.0418. The number of nitrogens with two attached hydrogens (primary N) is 1. The van der Waals surface area contributed by atoms with Crippen LogP contribution in [0.1, 0.15) is 32.6 Å². The maximum absolute atomic E-state index is 5.65. The van der Waals surface area contributed by atoms with E-state index in [1.54, 1.807) is 0 Å². The van der Waals surface area contributed by atoms with Gasteiger partial charge in [-0.15, -0.1) is 0 Å². The van der Waals surface area contributed by atoms with Gasteiger partial charge in [0.1, 0.15) is 0 Å². The standard InChI is InChI=1S/C8H17NO/c1-7-3-2-4-8(10-7)5-6-9/h7-8H,2-6,9H2,1H3. The Morgan fingerprint density at radius 2 is 2.30 bits per heavy atom. The highest BCUT2D eigenvalue weighted by atomic mass is 16.5. The Morgan fingerprint density at radius 3 is 2.90 bits per heavy atom. The van der Waals surface area contributed by atoms with Gasteiger partial charge >= 0.3 is 0 Å². The normalized spacial score (nSPS) is 34.2. The summed E-state index contributed by atoms with van der Waals surface area (Å²) in [6.07, 6.45) is 5.69. The monoisotopic (exact) mass is 143 g/mol. The van der Waals surface area contributed by atoms with Crippen LogP contribution in [0.3, 0.4) is 0 Å². The third-order valence-electron chi connectivity index (χ3n) is 2.05. The molecule has 0 aromatic rings. The zero-order valence-electron chi connectivity index (χ0n) is 6.68. The molecule has 1 aliphatic rings. The van der Waals surface area contributed by atoms with E-state index in [4.69, 9.17) is 10.5 Å². The molecule has 0 spiro atoms. The molecule has 1 aliphatic heterocycles. The van der Waals surface area contributed by atoms with Gasteiger partial charge in [-0.25, -0.2) is 0 Å². The van der Waals surface area contributed by atoms with Gasteiger partial charge in [-0.05, 0) is 39.2 Å². The summed E-state index contributed by atoms with van der Waals surface area (Å²) >= 11 is 0. The van der Waals surface area contributed by atoms with E-state index in [9.17, 15) is 0 Å². The SMILES string of the molecule is CC1CCCC(CCN)O1. The van der Waals surface area contributed by atoms with E-state index in [1.807, 2.05) is 0 Å². The maximum atomic E-state index is 5.65. The average molecular weight is 143 g/mol. The maximum Gasteiger partial charge on any atom is 0.0590 e. The summed E-state index contributed by atoms with van der Waals surface area (Å²) in [5.74, 6) is 0. The molecule has 0 amide bonds. The third-order valence-corrected chi connectivity index (χ3v) is 2.05. The van der Waals surface area contributed by atoms with Gasteiger partial charge in [0.2, 0.25) is 0 Å². The van der Waals surface area contributed by atoms with Gasteiger partial charge in [-0.3, -0.25) is 0 Å². The second kappa shape index (κ2) is 3.94. The molecule has 60 valence electrons. The first-order valence-corrected chi connectivity index (χ1v) is 4.18. The van der Waals surface area contributed by atoms with E-state index < -0.39 is 0 Å². The van der Waals surface area contributed by atoms with E-state index in [-0.39, 0.29) is 0 Å². The molecule has 1 saturated heterocycles. The van der Waals surface area contributed by atoms with Gasteiger partial charge in [-0.2, -0.15) is 0 Å². The first-order chi connectivity index (χ1) is 4.83. The summed E-state index contributed by atoms with van der Waals surface area (Å²) in [5.41, 5.74) is 5.42. The lowest BCUT2D eigenvalue weighted by Crippen LogP contribution is -2.27. The van der Waals surface area contributed by atoms with Gasteiger partial charge in [0.25, 0.3) is 0 Å². The summed E-state index contributed by atoms with van der Waals surface area (Å²) < 4.78 is 5.65. The Hall–Kier alpha value is -0.0800. The van der Waals surface area contributed by atoms with Crippen molar-refractivity contribution in [3.05, 3.63) is 0 Å². The molecule has 2 atom stereocenters. The van der Waals surface area contributed by atoms with Crippen molar-refractivity contribution >= 4 is 0 Å². The van der Waals surface area contributed by atoms with Crippen LogP contribution in [-0.2, 0) is 4.74 Å². The Balaban J connectivity index is 2.18. The minimum absolute atomic E-state index is 0.453. The zero-order valence-corrected chi connectivity index (χ0v) is 6.68. The average Bonchev–Trinajstić information content (AvgIpc) is 1.88. The second-order valence-electron chi connectivity index (χ2n) is 3.08. The third kappa shape index (κ3) is 2.27. The van der Waals surface area contributed by atoms with E-state index in [0.29, 0.717) is 12.2 Å². The summed E-state index contributed by atoms with van der Waals surface area (Å²) in [6, 6.07) is 0. The number of rotatable bonds is 2. The highest BCUT2D eigenvalue weighted by Gasteiger charge is 2.17. The molecule has 0 aliphatic carbocycles. The lowest BCUT2D eigenvalue weighted by Gasteiger charge is -2.27. The van der Waals surface area contributed by atoms with Crippen molar-refractivity contribution in [2.75, 3.05) is 6.54 Å². The van der Waals surface area contributed by atoms with Crippen LogP contribution in [-0.4, -0.2) is 18.8 Å². The van der Waals surface area contributed by atoms with Crippen molar-refractivity contribution in [1.82, 2.24) is 0 Å². The molecule has 10 heavy (non-hydrogen) atoms. The van der Waals surface area contributed by atoms with E-state index in [2.05, 4.69) is 6.92 Å². The van der Waals surface area contributed by atoms with Crippen molar-refractivity contribution in [1.29, 1.82) is 0 Å². The smallest absolute Gasteiger partial charge is 0.0590 e. The minimum atomic E-state index is 0.453. The van der Waals surface area contributed by atoms with Gasteiger partial charge in [-0.1, -0.05) is 0 Å². The molecule has 1 heterocycles. The van der Waals surface area contributed by atoms with Gasteiger partial charge in [0.05, 0.1) is 12.2 Å². The summed E-state index contributed by atoms with van der Waals surface area (Å²) in [6.45, 7) is 2.90. The topological polar surface area (TPSA) is 35.2 Å². The molecular formula is C8H17NO. The zero-order chi connectivity index (χ0) is 7.40. The highest BCUT2D eigenvalue weighted by Crippen LogP contribution is 2.19. The first kappa shape index (κ1) is 8.02. The largest absolute Gasteiger partial charge is 0.375 e. The predicted octanol–water partition coefficient (Wildman–Crippen LogP) is 1.29. The van der Waals surface area contributed by atoms with Crippen molar-refractivity contribution in [2.24, 2.45) is 5.73 Å². The molecule has 0 bridgehead atoms. The van der Waals surface area contributed by atoms with Crippen molar-refractivity contribution in [3.63, 3.8) is 0 Å². The van der Waals surface area contributed by atoms with Crippen LogP contribution in [0.2, 0.25) is 0 Å². The summed E-state index contributed by atoms with van der Waals surface area (Å²) in [4.78, 5) is 0. The van der Waals surface area contributed by atoms with E-state index >= 15 is 0 Å². The van der Waals surface area contributed by atoms with Crippen LogP contribution >= 0.6 is 0 Å². The molecule has 1 rings (SSSR count). The van der Waals surface area contributed by atoms with Crippen molar-refractivity contribution < 1.29 is 4.74 Å². The Kier molecular flexibility index (Phi) is 3.16. The molecular weight excluding hydrogens is 126 g/mol. The molecule has 0 saturated carbocycles. The fourth-order valence-corrected chi connectivity index (χ4v) is 1.50. The molecule has 0 aromatic carbocycles. The fourth-order valence-electron chi connectivity index (χ4n) is 1.50. The van der Waals surface area contributed by atoms with Gasteiger partial charge < -0.3 is 10.5 Å². The predicted molar refractivity (Wildman–Crippen MR) is 41.9 cm³/mol. The van der Waals surface area contributed by atoms with Crippen LogP contribution in [0.25, 0.3) is 0 Å². The summed E-state index contributed by atoms with van der Waals surface area (Å²) in [7, 11) is 0. The lowest BCUT2D eigenvalue weighted by atomic mass is 10.0. The molecule has 2 nitrogen and oxygen atoms in total. The fraction of sp³-hybridized carbons (Fsp3) is 1.00. The minimum Gasteiger partial charge on any atom is -0.375 e. The van der Waals surface area contributed by atoms with E-state index in [1.165, 1.54) is 19.3 Å². The van der Waals surface area contributed by atoms with Crippen LogP contribution in [0.4, 0.5) is 0 Å². The first-order valence-electron chi connectivity index (χ1n) is 4.18. The molecule has 0 radical (unpaired) electrons. The van der Waals surface area contributed by atoms with E-state index in [0.717, 1.165) is 13.0 Å². The molecule has 2 N–H and O–H groups in total. The number of hydrogen-bond donors (Lipinski definition) is 1. The Morgan fingerprint density at radius 1 is 1.50 bits per heavy atom. The van der Waals surface area contributed by atoms with Gasteiger partial charge in [0.15, 0.2) is 0 Å². The quantitative estimate of drug-likeness (QED) is 0.632. The van der Waals surface area contributed by atoms with Crippen molar-refractivity contribution in [2.45, 2.75) is 44.8 Å². The molecule has 1 fully saturated rings. The van der Waals surface area contributed by atoms with Crippen LogP contribution < -0.4 is 5.73 Å². The van der Waals surface area contributed by atoms with Crippen LogP contribution in [0.15, 0.2) is 0 Å². The Labute approximate surface area is 62.7 Å². The summed E-state index contributed by atoms with van der Waals surface area (Å²) in [5, 5.41) is 0. The molecule has 2 unspecified atom stereocenters. The number of ether oxygens (including phenoxy) is 1. The molecule has 2 heteroatoms. The number of hydrogen-bond acceptors (Lipinski definition) is 2. The van der Waals surface area contributed by atoms with Crippen LogP contribution in [0, 0.1) is 0 Å².